The molecule has 54 valence electrons. The van der Waals surface area contributed by atoms with Crippen molar-refractivity contribution in [2.75, 3.05) is 0 Å². The van der Waals surface area contributed by atoms with E-state index in [-0.39, 0.29) is 11.4 Å². The molecule has 0 aromatic rings. The molecule has 9 heavy (non-hydrogen) atoms. The van der Waals surface area contributed by atoms with Gasteiger partial charge in [0.25, 0.3) is 5.97 Å². The van der Waals surface area contributed by atoms with E-state index >= 15 is 0 Å². The van der Waals surface area contributed by atoms with Crippen molar-refractivity contribution in [3.8, 4) is 0 Å². The molecule has 0 radical (unpaired) electrons. The normalized spacial score (nSPS) is 11.4. The van der Waals surface area contributed by atoms with Gasteiger partial charge in [-0.15, -0.1) is 0 Å². The molecule has 0 unspecified atom stereocenters. The summed E-state index contributed by atoms with van der Waals surface area (Å²) in [5.41, 5.74) is 0.0709. The third-order valence-electron chi connectivity index (χ3n) is 0.902. The van der Waals surface area contributed by atoms with Crippen molar-refractivity contribution in [3.05, 3.63) is 0 Å². The van der Waals surface area contributed by atoms with Crippen LogP contribution in [0.1, 0.15) is 27.2 Å². The summed E-state index contributed by atoms with van der Waals surface area (Å²) in [6.07, 6.45) is 0.524. The van der Waals surface area contributed by atoms with Crippen LogP contribution >= 0.6 is 0 Å². The predicted octanol–water partition coefficient (Wildman–Crippen LogP) is 0.246. The average molecular weight is 146 g/mol. The van der Waals surface area contributed by atoms with Gasteiger partial charge in [0.1, 0.15) is 0 Å². The molecule has 0 rings (SSSR count). The highest BCUT2D eigenvalue weighted by Gasteiger charge is 2.14. The third kappa shape index (κ3) is 5.56. The Kier molecular flexibility index (Phi) is 2.90. The van der Waals surface area contributed by atoms with E-state index in [2.05, 4.69) is 4.43 Å². The van der Waals surface area contributed by atoms with E-state index in [0.717, 1.165) is 0 Å². The Bertz CT molecular complexity index is 104. The Balaban J connectivity index is 3.60. The van der Waals surface area contributed by atoms with Crippen LogP contribution in [0.25, 0.3) is 0 Å². The van der Waals surface area contributed by atoms with Gasteiger partial charge in [0.2, 0.25) is 10.5 Å². The van der Waals surface area contributed by atoms with Gasteiger partial charge in [-0.3, -0.25) is 4.79 Å². The molecule has 0 N–H and O–H groups in total. The van der Waals surface area contributed by atoms with Gasteiger partial charge in [0, 0.05) is 6.42 Å². The van der Waals surface area contributed by atoms with E-state index in [0.29, 0.717) is 16.9 Å². The predicted molar refractivity (Wildman–Crippen MR) is 40.1 cm³/mol. The molecule has 3 heteroatoms. The van der Waals surface area contributed by atoms with Gasteiger partial charge in [-0.05, 0) is 5.41 Å². The van der Waals surface area contributed by atoms with Crippen LogP contribution < -0.4 is 0 Å². The van der Waals surface area contributed by atoms with Crippen molar-refractivity contribution >= 4 is 16.5 Å². The lowest BCUT2D eigenvalue weighted by molar-refractivity contribution is -0.135. The lowest BCUT2D eigenvalue weighted by atomic mass is 9.93. The lowest BCUT2D eigenvalue weighted by Crippen LogP contribution is -2.14. The molecule has 0 saturated heterocycles. The third-order valence-corrected chi connectivity index (χ3v) is 1.36. The number of rotatable bonds is 1. The second-order valence-electron chi connectivity index (χ2n) is 3.31. The summed E-state index contributed by atoms with van der Waals surface area (Å²) >= 11 is 0. The molecule has 0 aliphatic rings. The summed E-state index contributed by atoms with van der Waals surface area (Å²) in [6.45, 7) is 6.06. The Morgan fingerprint density at radius 2 is 2.00 bits per heavy atom. The van der Waals surface area contributed by atoms with E-state index < -0.39 is 0 Å². The zero-order chi connectivity index (χ0) is 7.49. The summed E-state index contributed by atoms with van der Waals surface area (Å²) in [4.78, 5) is 10.6. The van der Waals surface area contributed by atoms with Gasteiger partial charge in [0.05, 0.1) is 0 Å². The first-order valence-electron chi connectivity index (χ1n) is 3.02. The van der Waals surface area contributed by atoms with Crippen LogP contribution in [-0.4, -0.2) is 16.5 Å². The minimum absolute atomic E-state index is 0.0709. The lowest BCUT2D eigenvalue weighted by Gasteiger charge is -2.15. The fourth-order valence-electron chi connectivity index (χ4n) is 0.505. The van der Waals surface area contributed by atoms with E-state index in [1.807, 2.05) is 20.8 Å². The first-order chi connectivity index (χ1) is 3.95. The Labute approximate surface area is 59.1 Å². The molecule has 0 fully saturated rings. The molecule has 0 spiro atoms. The maximum Gasteiger partial charge on any atom is 0.292 e. The molecular weight excluding hydrogens is 132 g/mol. The summed E-state index contributed by atoms with van der Waals surface area (Å²) < 4.78 is 4.63. The fourth-order valence-corrected chi connectivity index (χ4v) is 0.650. The monoisotopic (exact) mass is 146 g/mol. The summed E-state index contributed by atoms with van der Waals surface area (Å²) in [5, 5.41) is 0. The van der Waals surface area contributed by atoms with Crippen molar-refractivity contribution in [1.82, 2.24) is 0 Å². The van der Waals surface area contributed by atoms with Gasteiger partial charge in [-0.1, -0.05) is 20.8 Å². The van der Waals surface area contributed by atoms with Crippen LogP contribution in [0.5, 0.6) is 0 Å². The molecule has 0 heterocycles. The number of carbonyl (C=O) groups is 1. The molecule has 0 bridgehead atoms. The maximum absolute atomic E-state index is 10.6. The van der Waals surface area contributed by atoms with Crippen LogP contribution in [0.4, 0.5) is 0 Å². The van der Waals surface area contributed by atoms with Crippen LogP contribution in [-0.2, 0) is 9.22 Å². The summed E-state index contributed by atoms with van der Waals surface area (Å²) in [6, 6.07) is 0. The SMILES string of the molecule is CC(C)(C)CC(=O)O[SiH3]. The smallest absolute Gasteiger partial charge is 0.292 e. The van der Waals surface area contributed by atoms with E-state index in [9.17, 15) is 4.79 Å². The van der Waals surface area contributed by atoms with Crippen molar-refractivity contribution in [2.24, 2.45) is 5.41 Å². The van der Waals surface area contributed by atoms with Crippen molar-refractivity contribution < 1.29 is 9.22 Å². The van der Waals surface area contributed by atoms with Crippen molar-refractivity contribution in [2.45, 2.75) is 27.2 Å². The Morgan fingerprint density at radius 1 is 1.56 bits per heavy atom. The van der Waals surface area contributed by atoms with E-state index in [1.54, 1.807) is 0 Å². The average Bonchev–Trinajstić information content (AvgIpc) is 1.62. The highest BCUT2D eigenvalue weighted by Crippen LogP contribution is 2.18. The largest absolute Gasteiger partial charge is 0.529 e. The molecule has 0 aromatic carbocycles. The minimum Gasteiger partial charge on any atom is -0.529 e. The second kappa shape index (κ2) is 3.01. The highest BCUT2D eigenvalue weighted by molar-refractivity contribution is 6.05. The fraction of sp³-hybridized carbons (Fsp3) is 0.833. The highest BCUT2D eigenvalue weighted by atomic mass is 28.2. The second-order valence-corrected chi connectivity index (χ2v) is 3.72. The van der Waals surface area contributed by atoms with Crippen molar-refractivity contribution in [1.29, 1.82) is 0 Å². The Morgan fingerprint density at radius 3 is 2.11 bits per heavy atom. The minimum atomic E-state index is -0.0748. The van der Waals surface area contributed by atoms with Crippen LogP contribution in [0.3, 0.4) is 0 Å². The van der Waals surface area contributed by atoms with Gasteiger partial charge in [0.15, 0.2) is 0 Å². The number of hydrogen-bond donors (Lipinski definition) is 0. The quantitative estimate of drug-likeness (QED) is 0.496. The van der Waals surface area contributed by atoms with E-state index in [1.165, 1.54) is 0 Å². The molecular formula is C6H14O2Si. The standard InChI is InChI=1S/C6H14O2Si/c1-6(2,3)4-5(7)8-9/h4H2,1-3,9H3. The number of hydrogen-bond acceptors (Lipinski definition) is 2. The van der Waals surface area contributed by atoms with Crippen LogP contribution in [0.2, 0.25) is 0 Å². The molecule has 0 aromatic heterocycles. The van der Waals surface area contributed by atoms with E-state index in [4.69, 9.17) is 0 Å². The molecule has 0 aliphatic heterocycles. The van der Waals surface area contributed by atoms with Crippen LogP contribution in [0.15, 0.2) is 0 Å². The molecule has 2 nitrogen and oxygen atoms in total. The summed E-state index contributed by atoms with van der Waals surface area (Å²) in [7, 11) is 0.517. The molecule has 0 aliphatic carbocycles. The topological polar surface area (TPSA) is 26.3 Å². The van der Waals surface area contributed by atoms with Gasteiger partial charge >= 0.3 is 0 Å². The molecule has 0 amide bonds. The van der Waals surface area contributed by atoms with Crippen molar-refractivity contribution in [3.63, 3.8) is 0 Å². The van der Waals surface area contributed by atoms with Gasteiger partial charge in [-0.2, -0.15) is 0 Å². The summed E-state index contributed by atoms with van der Waals surface area (Å²) in [5.74, 6) is -0.0748. The zero-order valence-electron chi connectivity index (χ0n) is 6.52. The maximum atomic E-state index is 10.6. The number of carbonyl (C=O) groups excluding carboxylic acids is 1. The van der Waals surface area contributed by atoms with Gasteiger partial charge in [-0.25, -0.2) is 0 Å². The Hall–Kier alpha value is -0.313. The first kappa shape index (κ1) is 8.69. The van der Waals surface area contributed by atoms with Gasteiger partial charge < -0.3 is 4.43 Å². The van der Waals surface area contributed by atoms with Crippen LogP contribution in [0, 0.1) is 5.41 Å². The molecule has 0 saturated carbocycles. The zero-order valence-corrected chi connectivity index (χ0v) is 8.52. The molecule has 0 atom stereocenters. The first-order valence-corrected chi connectivity index (χ1v) is 3.84.